The van der Waals surface area contributed by atoms with Crippen LogP contribution in [0.1, 0.15) is 16.7 Å². The molecule has 9 heteroatoms. The number of sulfonamides is 1. The maximum atomic E-state index is 11.1. The molecule has 7 nitrogen and oxygen atoms in total. The average molecular weight is 497 g/mol. The van der Waals surface area contributed by atoms with E-state index in [1.165, 1.54) is 0 Å². The number of H-pyrrole nitrogens is 1. The molecule has 0 radical (unpaired) electrons. The number of aromatic nitrogens is 1. The maximum absolute atomic E-state index is 11.1. The van der Waals surface area contributed by atoms with Crippen LogP contribution in [-0.2, 0) is 16.6 Å². The largest absolute Gasteiger partial charge is 0.494 e. The smallest absolute Gasteiger partial charge is 0.208 e. The zero-order valence-corrected chi connectivity index (χ0v) is 20.1. The number of aromatic amines is 1. The Labute approximate surface area is 203 Å². The van der Waals surface area contributed by atoms with Crippen molar-refractivity contribution in [3.05, 3.63) is 94.5 Å². The second kappa shape index (κ2) is 10.4. The van der Waals surface area contributed by atoms with Gasteiger partial charge in [-0.15, -0.1) is 0 Å². The summed E-state index contributed by atoms with van der Waals surface area (Å²) in [6.45, 7) is 1.46. The van der Waals surface area contributed by atoms with Crippen LogP contribution in [0.5, 0.6) is 5.88 Å². The van der Waals surface area contributed by atoms with Crippen LogP contribution in [0.4, 0.5) is 5.69 Å². The Balaban J connectivity index is 1.60. The summed E-state index contributed by atoms with van der Waals surface area (Å²) in [6, 6.07) is 22.9. The van der Waals surface area contributed by atoms with Crippen LogP contribution in [-0.4, -0.2) is 43.6 Å². The quantitative estimate of drug-likeness (QED) is 0.204. The SMILES string of the molecule is CS(=O)(=O)NCCNCc1ccc(N=C(c2ccccc2)c2c(O)[nH]c3cc(Cl)ccc23)cc1. The molecule has 34 heavy (non-hydrogen) atoms. The van der Waals surface area contributed by atoms with Crippen LogP contribution < -0.4 is 10.0 Å². The minimum atomic E-state index is -3.18. The lowest BCUT2D eigenvalue weighted by Gasteiger charge is -2.09. The summed E-state index contributed by atoms with van der Waals surface area (Å²) in [7, 11) is -3.18. The average Bonchev–Trinajstić information content (AvgIpc) is 3.12. The van der Waals surface area contributed by atoms with Crippen LogP contribution >= 0.6 is 11.6 Å². The fraction of sp³-hybridized carbons (Fsp3) is 0.160. The zero-order valence-electron chi connectivity index (χ0n) is 18.5. The predicted molar refractivity (Wildman–Crippen MR) is 138 cm³/mol. The van der Waals surface area contributed by atoms with E-state index in [2.05, 4.69) is 15.0 Å². The van der Waals surface area contributed by atoms with Crippen molar-refractivity contribution in [2.24, 2.45) is 4.99 Å². The molecular weight excluding hydrogens is 472 g/mol. The number of hydrogen-bond acceptors (Lipinski definition) is 5. The van der Waals surface area contributed by atoms with Gasteiger partial charge in [-0.25, -0.2) is 18.1 Å². The topological polar surface area (TPSA) is 107 Å². The van der Waals surface area contributed by atoms with Gasteiger partial charge in [-0.05, 0) is 29.8 Å². The Hall–Kier alpha value is -3.17. The summed E-state index contributed by atoms with van der Waals surface area (Å²) in [4.78, 5) is 7.88. The molecule has 4 aromatic rings. The van der Waals surface area contributed by atoms with Gasteiger partial charge in [-0.2, -0.15) is 0 Å². The highest BCUT2D eigenvalue weighted by Gasteiger charge is 2.18. The molecule has 0 saturated heterocycles. The van der Waals surface area contributed by atoms with Gasteiger partial charge in [0.15, 0.2) is 5.88 Å². The lowest BCUT2D eigenvalue weighted by molar-refractivity contribution is 0.457. The van der Waals surface area contributed by atoms with Crippen molar-refractivity contribution in [3.63, 3.8) is 0 Å². The number of fused-ring (bicyclic) bond motifs is 1. The summed E-state index contributed by atoms with van der Waals surface area (Å²) < 4.78 is 24.7. The number of aliphatic imine (C=N–C) groups is 1. The van der Waals surface area contributed by atoms with Crippen molar-refractivity contribution in [1.82, 2.24) is 15.0 Å². The molecule has 0 bridgehead atoms. The van der Waals surface area contributed by atoms with E-state index in [0.717, 1.165) is 34.0 Å². The van der Waals surface area contributed by atoms with Gasteiger partial charge in [0.05, 0.1) is 28.7 Å². The number of halogens is 1. The summed E-state index contributed by atoms with van der Waals surface area (Å²) in [5.74, 6) is 0.0309. The van der Waals surface area contributed by atoms with Gasteiger partial charge in [0.2, 0.25) is 10.0 Å². The highest BCUT2D eigenvalue weighted by molar-refractivity contribution is 7.88. The lowest BCUT2D eigenvalue weighted by Crippen LogP contribution is -2.30. The number of rotatable bonds is 9. The van der Waals surface area contributed by atoms with Crippen LogP contribution in [0.3, 0.4) is 0 Å². The van der Waals surface area contributed by atoms with Gasteiger partial charge in [-0.3, -0.25) is 0 Å². The monoisotopic (exact) mass is 496 g/mol. The first kappa shape index (κ1) is 24.0. The number of benzene rings is 3. The van der Waals surface area contributed by atoms with E-state index < -0.39 is 10.0 Å². The Morgan fingerprint density at radius 3 is 2.47 bits per heavy atom. The predicted octanol–water partition coefficient (Wildman–Crippen LogP) is 4.33. The summed E-state index contributed by atoms with van der Waals surface area (Å²) >= 11 is 6.13. The van der Waals surface area contributed by atoms with Gasteiger partial charge in [0, 0.05) is 35.6 Å². The van der Waals surface area contributed by atoms with Gasteiger partial charge in [0.25, 0.3) is 0 Å². The van der Waals surface area contributed by atoms with Crippen LogP contribution in [0.2, 0.25) is 5.02 Å². The molecule has 0 amide bonds. The molecule has 0 unspecified atom stereocenters. The fourth-order valence-electron chi connectivity index (χ4n) is 3.63. The van der Waals surface area contributed by atoms with Gasteiger partial charge < -0.3 is 15.4 Å². The van der Waals surface area contributed by atoms with Gasteiger partial charge >= 0.3 is 0 Å². The molecule has 0 atom stereocenters. The third-order valence-corrected chi connectivity index (χ3v) is 6.16. The molecule has 0 spiro atoms. The molecule has 176 valence electrons. The molecular formula is C25H25ClN4O3S. The Morgan fingerprint density at radius 2 is 1.76 bits per heavy atom. The third kappa shape index (κ3) is 6.03. The fourth-order valence-corrected chi connectivity index (χ4v) is 4.28. The normalized spacial score (nSPS) is 12.4. The van der Waals surface area contributed by atoms with E-state index in [-0.39, 0.29) is 5.88 Å². The van der Waals surface area contributed by atoms with E-state index in [0.29, 0.717) is 35.9 Å². The van der Waals surface area contributed by atoms with Crippen molar-refractivity contribution in [1.29, 1.82) is 0 Å². The first-order valence-electron chi connectivity index (χ1n) is 10.7. The summed E-state index contributed by atoms with van der Waals surface area (Å²) in [5, 5.41) is 15.3. The molecule has 0 saturated carbocycles. The number of nitrogens with zero attached hydrogens (tertiary/aromatic N) is 1. The maximum Gasteiger partial charge on any atom is 0.208 e. The van der Waals surface area contributed by atoms with E-state index >= 15 is 0 Å². The molecule has 0 fully saturated rings. The highest BCUT2D eigenvalue weighted by Crippen LogP contribution is 2.32. The highest BCUT2D eigenvalue weighted by atomic mass is 35.5. The van der Waals surface area contributed by atoms with Crippen molar-refractivity contribution in [3.8, 4) is 5.88 Å². The molecule has 4 N–H and O–H groups in total. The second-order valence-corrected chi connectivity index (χ2v) is 10.1. The van der Waals surface area contributed by atoms with Crippen LogP contribution in [0.25, 0.3) is 10.9 Å². The van der Waals surface area contributed by atoms with Crippen molar-refractivity contribution < 1.29 is 13.5 Å². The van der Waals surface area contributed by atoms with Gasteiger partial charge in [-0.1, -0.05) is 60.1 Å². The van der Waals surface area contributed by atoms with E-state index in [4.69, 9.17) is 16.6 Å². The third-order valence-electron chi connectivity index (χ3n) is 5.20. The van der Waals surface area contributed by atoms with Crippen molar-refractivity contribution in [2.75, 3.05) is 19.3 Å². The summed E-state index contributed by atoms with van der Waals surface area (Å²) in [6.07, 6.45) is 1.14. The van der Waals surface area contributed by atoms with E-state index in [9.17, 15) is 13.5 Å². The lowest BCUT2D eigenvalue weighted by atomic mass is 10.0. The first-order valence-corrected chi connectivity index (χ1v) is 13.0. The first-order chi connectivity index (χ1) is 16.3. The summed E-state index contributed by atoms with van der Waals surface area (Å²) in [5.41, 5.74) is 4.65. The minimum absolute atomic E-state index is 0.0309. The Bertz CT molecular complexity index is 1420. The van der Waals surface area contributed by atoms with Gasteiger partial charge in [0.1, 0.15) is 0 Å². The molecule has 4 rings (SSSR count). The standard InChI is InChI=1S/C25H25ClN4O3S/c1-34(32,33)28-14-13-27-16-17-7-10-20(11-8-17)29-24(18-5-3-2-4-6-18)23-21-12-9-19(26)15-22(21)30-25(23)31/h2-12,15,27-28,30-31H,13-14,16H2,1H3. The van der Waals surface area contributed by atoms with Crippen molar-refractivity contribution in [2.45, 2.75) is 6.54 Å². The molecule has 3 aromatic carbocycles. The molecule has 0 aliphatic rings. The zero-order chi connectivity index (χ0) is 24.1. The number of aromatic hydroxyl groups is 1. The van der Waals surface area contributed by atoms with E-state index in [1.807, 2.05) is 60.7 Å². The van der Waals surface area contributed by atoms with E-state index in [1.54, 1.807) is 12.1 Å². The number of nitrogens with one attached hydrogen (secondary N) is 3. The number of hydrogen-bond donors (Lipinski definition) is 4. The molecule has 0 aliphatic carbocycles. The molecule has 0 aliphatic heterocycles. The molecule has 1 heterocycles. The Kier molecular flexibility index (Phi) is 7.33. The minimum Gasteiger partial charge on any atom is -0.494 e. The second-order valence-electron chi connectivity index (χ2n) is 7.87. The molecule has 1 aromatic heterocycles. The van der Waals surface area contributed by atoms with Crippen molar-refractivity contribution >= 4 is 43.9 Å². The van der Waals surface area contributed by atoms with Crippen LogP contribution in [0, 0.1) is 0 Å². The Morgan fingerprint density at radius 1 is 1.03 bits per heavy atom. The van der Waals surface area contributed by atoms with Crippen LogP contribution in [0.15, 0.2) is 77.8 Å².